The van der Waals surface area contributed by atoms with Crippen LogP contribution in [0.3, 0.4) is 0 Å². The van der Waals surface area contributed by atoms with E-state index in [9.17, 15) is 14.7 Å². The lowest BCUT2D eigenvalue weighted by atomic mass is 9.74. The zero-order valence-corrected chi connectivity index (χ0v) is 10.3. The number of likely N-dealkylation sites (tertiary alicyclic amines) is 1. The maximum absolute atomic E-state index is 11.8. The van der Waals surface area contributed by atoms with Crippen molar-refractivity contribution in [3.05, 3.63) is 0 Å². The Hall–Kier alpha value is -0.900. The van der Waals surface area contributed by atoms with Crippen molar-refractivity contribution in [2.45, 2.75) is 51.4 Å². The number of aliphatic hydroxyl groups is 1. The van der Waals surface area contributed by atoms with Gasteiger partial charge < -0.3 is 5.11 Å². The fourth-order valence-corrected chi connectivity index (χ4v) is 2.98. The monoisotopic (exact) mass is 239 g/mol. The van der Waals surface area contributed by atoms with Crippen molar-refractivity contribution in [1.29, 1.82) is 0 Å². The first-order chi connectivity index (χ1) is 8.17. The van der Waals surface area contributed by atoms with E-state index in [1.54, 1.807) is 0 Å². The Balaban J connectivity index is 2.06. The molecule has 1 saturated heterocycles. The molecule has 0 atom stereocenters. The zero-order valence-electron chi connectivity index (χ0n) is 10.3. The molecule has 0 spiro atoms. The van der Waals surface area contributed by atoms with Gasteiger partial charge in [0.25, 0.3) is 0 Å². The van der Waals surface area contributed by atoms with Gasteiger partial charge in [0.05, 0.1) is 6.61 Å². The summed E-state index contributed by atoms with van der Waals surface area (Å²) in [5.41, 5.74) is -0.221. The lowest BCUT2D eigenvalue weighted by molar-refractivity contribution is -0.151. The molecule has 17 heavy (non-hydrogen) atoms. The van der Waals surface area contributed by atoms with Gasteiger partial charge in [-0.15, -0.1) is 0 Å². The summed E-state index contributed by atoms with van der Waals surface area (Å²) < 4.78 is 0. The molecule has 0 radical (unpaired) electrons. The van der Waals surface area contributed by atoms with Crippen LogP contribution in [0.15, 0.2) is 0 Å². The SMILES string of the molecule is O=C1CCCC(=O)N1CC1(CO)CCCCC1. The summed E-state index contributed by atoms with van der Waals surface area (Å²) in [7, 11) is 0. The van der Waals surface area contributed by atoms with E-state index in [4.69, 9.17) is 0 Å². The van der Waals surface area contributed by atoms with Gasteiger partial charge >= 0.3 is 0 Å². The van der Waals surface area contributed by atoms with Crippen molar-refractivity contribution in [2.75, 3.05) is 13.2 Å². The minimum atomic E-state index is -0.221. The molecule has 1 aliphatic carbocycles. The number of amides is 2. The molecule has 1 heterocycles. The molecule has 2 amide bonds. The van der Waals surface area contributed by atoms with Gasteiger partial charge in [0.1, 0.15) is 0 Å². The van der Waals surface area contributed by atoms with Crippen molar-refractivity contribution in [3.63, 3.8) is 0 Å². The molecule has 4 heteroatoms. The van der Waals surface area contributed by atoms with Crippen LogP contribution in [0.5, 0.6) is 0 Å². The van der Waals surface area contributed by atoms with Crippen molar-refractivity contribution in [3.8, 4) is 0 Å². The van der Waals surface area contributed by atoms with Gasteiger partial charge in [0.15, 0.2) is 0 Å². The molecule has 2 aliphatic rings. The molecule has 2 rings (SSSR count). The summed E-state index contributed by atoms with van der Waals surface area (Å²) >= 11 is 0. The Bertz CT molecular complexity index is 292. The molecule has 0 aromatic heterocycles. The second kappa shape index (κ2) is 5.17. The molecule has 1 N–H and O–H groups in total. The summed E-state index contributed by atoms with van der Waals surface area (Å²) in [5, 5.41) is 9.60. The molecular formula is C13H21NO3. The summed E-state index contributed by atoms with van der Waals surface area (Å²) in [5.74, 6) is -0.112. The summed E-state index contributed by atoms with van der Waals surface area (Å²) in [6, 6.07) is 0. The van der Waals surface area contributed by atoms with E-state index in [-0.39, 0.29) is 23.8 Å². The highest BCUT2D eigenvalue weighted by molar-refractivity contribution is 5.97. The van der Waals surface area contributed by atoms with Crippen LogP contribution >= 0.6 is 0 Å². The van der Waals surface area contributed by atoms with E-state index >= 15 is 0 Å². The van der Waals surface area contributed by atoms with E-state index in [0.29, 0.717) is 25.8 Å². The minimum Gasteiger partial charge on any atom is -0.396 e. The van der Waals surface area contributed by atoms with E-state index in [1.165, 1.54) is 11.3 Å². The third kappa shape index (κ3) is 2.68. The highest BCUT2D eigenvalue weighted by Gasteiger charge is 2.37. The Morgan fingerprint density at radius 2 is 1.59 bits per heavy atom. The van der Waals surface area contributed by atoms with Crippen LogP contribution in [0.2, 0.25) is 0 Å². The standard InChI is InChI=1S/C13H21NO3/c15-10-13(7-2-1-3-8-13)9-14-11(16)5-4-6-12(14)17/h15H,1-10H2. The molecule has 0 aromatic rings. The van der Waals surface area contributed by atoms with Crippen LogP contribution in [-0.4, -0.2) is 35.0 Å². The number of hydrogen-bond donors (Lipinski definition) is 1. The van der Waals surface area contributed by atoms with Crippen LogP contribution in [0.4, 0.5) is 0 Å². The Morgan fingerprint density at radius 3 is 2.12 bits per heavy atom. The molecular weight excluding hydrogens is 218 g/mol. The van der Waals surface area contributed by atoms with Crippen molar-refractivity contribution >= 4 is 11.8 Å². The van der Waals surface area contributed by atoms with Gasteiger partial charge in [-0.3, -0.25) is 14.5 Å². The minimum absolute atomic E-state index is 0.0559. The molecule has 4 nitrogen and oxygen atoms in total. The number of aliphatic hydroxyl groups excluding tert-OH is 1. The predicted molar refractivity (Wildman–Crippen MR) is 63.2 cm³/mol. The quantitative estimate of drug-likeness (QED) is 0.759. The van der Waals surface area contributed by atoms with Crippen LogP contribution in [-0.2, 0) is 9.59 Å². The first-order valence-electron chi connectivity index (χ1n) is 6.61. The second-order valence-corrected chi connectivity index (χ2v) is 5.45. The van der Waals surface area contributed by atoms with E-state index in [1.807, 2.05) is 0 Å². The van der Waals surface area contributed by atoms with Gasteiger partial charge in [0, 0.05) is 24.8 Å². The lowest BCUT2D eigenvalue weighted by Crippen LogP contribution is -2.48. The maximum atomic E-state index is 11.8. The van der Waals surface area contributed by atoms with Gasteiger partial charge in [0.2, 0.25) is 11.8 Å². The Morgan fingerprint density at radius 1 is 1.00 bits per heavy atom. The number of imide groups is 1. The number of hydrogen-bond acceptors (Lipinski definition) is 3. The number of nitrogens with zero attached hydrogens (tertiary/aromatic N) is 1. The number of rotatable bonds is 3. The summed E-state index contributed by atoms with van der Waals surface area (Å²) in [6.45, 7) is 0.519. The highest BCUT2D eigenvalue weighted by atomic mass is 16.3. The van der Waals surface area contributed by atoms with Gasteiger partial charge in [-0.1, -0.05) is 19.3 Å². The first kappa shape index (κ1) is 12.6. The fraction of sp³-hybridized carbons (Fsp3) is 0.846. The average molecular weight is 239 g/mol. The van der Waals surface area contributed by atoms with E-state index in [0.717, 1.165) is 25.7 Å². The van der Waals surface area contributed by atoms with Crippen molar-refractivity contribution in [2.24, 2.45) is 5.41 Å². The molecule has 0 bridgehead atoms. The number of carbonyl (C=O) groups excluding carboxylic acids is 2. The zero-order chi connectivity index (χ0) is 12.3. The molecule has 1 saturated carbocycles. The van der Waals surface area contributed by atoms with Crippen LogP contribution in [0.1, 0.15) is 51.4 Å². The van der Waals surface area contributed by atoms with Gasteiger partial charge in [-0.2, -0.15) is 0 Å². The summed E-state index contributed by atoms with van der Waals surface area (Å²) in [6.07, 6.45) is 6.89. The van der Waals surface area contributed by atoms with Crippen molar-refractivity contribution in [1.82, 2.24) is 4.90 Å². The molecule has 1 aliphatic heterocycles. The number of carbonyl (C=O) groups is 2. The Kier molecular flexibility index (Phi) is 3.82. The average Bonchev–Trinajstić information content (AvgIpc) is 2.35. The van der Waals surface area contributed by atoms with Gasteiger partial charge in [-0.25, -0.2) is 0 Å². The number of piperidine rings is 1. The highest BCUT2D eigenvalue weighted by Crippen LogP contribution is 2.37. The first-order valence-corrected chi connectivity index (χ1v) is 6.61. The molecule has 0 aromatic carbocycles. The second-order valence-electron chi connectivity index (χ2n) is 5.45. The normalized spacial score (nSPS) is 25.1. The predicted octanol–water partition coefficient (Wildman–Crippen LogP) is 1.47. The largest absolute Gasteiger partial charge is 0.396 e. The van der Waals surface area contributed by atoms with Crippen LogP contribution in [0.25, 0.3) is 0 Å². The molecule has 2 fully saturated rings. The van der Waals surface area contributed by atoms with Crippen molar-refractivity contribution < 1.29 is 14.7 Å². The van der Waals surface area contributed by atoms with Gasteiger partial charge in [-0.05, 0) is 19.3 Å². The topological polar surface area (TPSA) is 57.6 Å². The fourth-order valence-electron chi connectivity index (χ4n) is 2.98. The Labute approximate surface area is 102 Å². The third-order valence-corrected chi connectivity index (χ3v) is 4.13. The maximum Gasteiger partial charge on any atom is 0.229 e. The van der Waals surface area contributed by atoms with Crippen LogP contribution in [0, 0.1) is 5.41 Å². The van der Waals surface area contributed by atoms with E-state index in [2.05, 4.69) is 0 Å². The molecule has 96 valence electrons. The third-order valence-electron chi connectivity index (χ3n) is 4.13. The summed E-state index contributed by atoms with van der Waals surface area (Å²) in [4.78, 5) is 24.9. The molecule has 0 unspecified atom stereocenters. The van der Waals surface area contributed by atoms with E-state index < -0.39 is 0 Å². The smallest absolute Gasteiger partial charge is 0.229 e. The lowest BCUT2D eigenvalue weighted by Gasteiger charge is -2.40. The van der Waals surface area contributed by atoms with Crippen LogP contribution < -0.4 is 0 Å².